The van der Waals surface area contributed by atoms with Gasteiger partial charge in [-0.05, 0) is 19.1 Å². The minimum Gasteiger partial charge on any atom is -1.00 e. The van der Waals surface area contributed by atoms with Gasteiger partial charge in [-0.15, -0.1) is 0 Å². The number of hydrogen-bond donors (Lipinski definition) is 2. The number of fused-ring (bicyclic) bond motifs is 1. The van der Waals surface area contributed by atoms with Crippen molar-refractivity contribution in [2.24, 2.45) is 7.05 Å². The Balaban J connectivity index is 0.00000261. The Bertz CT molecular complexity index is 1030. The van der Waals surface area contributed by atoms with E-state index in [2.05, 4.69) is 30.5 Å². The van der Waals surface area contributed by atoms with E-state index in [0.29, 0.717) is 0 Å². The van der Waals surface area contributed by atoms with Crippen LogP contribution in [0, 0.1) is 0 Å². The van der Waals surface area contributed by atoms with E-state index in [1.807, 2.05) is 36.7 Å². The summed E-state index contributed by atoms with van der Waals surface area (Å²) in [5.41, 5.74) is 13.1. The molecule has 0 fully saturated rings. The second-order valence-corrected chi connectivity index (χ2v) is 6.84. The summed E-state index contributed by atoms with van der Waals surface area (Å²) in [4.78, 5) is 20.0. The van der Waals surface area contributed by atoms with Crippen molar-refractivity contribution in [1.82, 2.24) is 14.5 Å². The molecule has 0 unspecified atom stereocenters. The van der Waals surface area contributed by atoms with Crippen LogP contribution in [0.2, 0.25) is 5.15 Å². The summed E-state index contributed by atoms with van der Waals surface area (Å²) in [6, 6.07) is 5.98. The number of ether oxygens (including phenoxy) is 1. The van der Waals surface area contributed by atoms with Gasteiger partial charge in [-0.2, -0.15) is 0 Å². The number of aromatic nitrogens is 4. The first-order valence-corrected chi connectivity index (χ1v) is 8.92. The maximum atomic E-state index is 12.4. The highest BCUT2D eigenvalue weighted by Crippen LogP contribution is 2.21. The monoisotopic (exact) mass is 566 g/mol. The summed E-state index contributed by atoms with van der Waals surface area (Å²) in [6.07, 6.45) is 0. The predicted octanol–water partition coefficient (Wildman–Crippen LogP) is -0.783. The molecule has 0 aliphatic carbocycles. The molecule has 0 atom stereocenters. The molecule has 1 aromatic carbocycles. The van der Waals surface area contributed by atoms with Crippen LogP contribution >= 0.6 is 27.5 Å². The first kappa shape index (κ1) is 21.6. The van der Waals surface area contributed by atoms with E-state index in [1.165, 1.54) is 0 Å². The average Bonchev–Trinajstić information content (AvgIpc) is 2.86. The minimum atomic E-state index is -0.717. The molecule has 4 N–H and O–H groups in total. The zero-order valence-electron chi connectivity index (χ0n) is 14.5. The van der Waals surface area contributed by atoms with Gasteiger partial charge in [-0.25, -0.2) is 23.9 Å². The molecule has 3 aromatic rings. The Morgan fingerprint density at radius 1 is 1.33 bits per heavy atom. The van der Waals surface area contributed by atoms with Gasteiger partial charge >= 0.3 is 5.97 Å². The van der Waals surface area contributed by atoms with Crippen LogP contribution in [0.5, 0.6) is 0 Å². The first-order chi connectivity index (χ1) is 12.3. The molecule has 27 heavy (non-hydrogen) atoms. The highest BCUT2D eigenvalue weighted by molar-refractivity contribution is 9.10. The highest BCUT2D eigenvalue weighted by atomic mass is 127. The molecule has 2 heterocycles. The number of nitrogens with zero attached hydrogens (tertiary/aromatic N) is 4. The van der Waals surface area contributed by atoms with E-state index < -0.39 is 5.97 Å². The molecule has 0 aliphatic rings. The molecule has 144 valence electrons. The molecular formula is C16H17BrClIN6O2. The predicted molar refractivity (Wildman–Crippen MR) is 101 cm³/mol. The lowest BCUT2D eigenvalue weighted by atomic mass is 10.3. The third-order valence-corrected chi connectivity index (χ3v) is 4.81. The van der Waals surface area contributed by atoms with Crippen molar-refractivity contribution in [1.29, 1.82) is 0 Å². The molecule has 0 saturated heterocycles. The molecule has 0 amide bonds. The number of nitrogens with two attached hydrogens (primary N) is 2. The fourth-order valence-corrected chi connectivity index (χ4v) is 3.25. The molecule has 3 rings (SSSR count). The van der Waals surface area contributed by atoms with E-state index in [4.69, 9.17) is 27.8 Å². The highest BCUT2D eigenvalue weighted by Gasteiger charge is 2.25. The van der Waals surface area contributed by atoms with Crippen molar-refractivity contribution in [3.05, 3.63) is 39.3 Å². The van der Waals surface area contributed by atoms with E-state index >= 15 is 0 Å². The Labute approximate surface area is 186 Å². The number of carbonyl (C=O) groups is 1. The number of carbonyl (C=O) groups excluding carboxylic acids is 1. The number of nitrogen functional groups attached to an aromatic ring is 2. The zero-order chi connectivity index (χ0) is 19.0. The number of benzene rings is 1. The summed E-state index contributed by atoms with van der Waals surface area (Å²) in [6.45, 7) is 2.78. The van der Waals surface area contributed by atoms with Gasteiger partial charge in [0.15, 0.2) is 40.1 Å². The van der Waals surface area contributed by atoms with Crippen LogP contribution in [0.15, 0.2) is 22.7 Å². The summed E-state index contributed by atoms with van der Waals surface area (Å²) in [5.74, 6) is -0.0574. The number of esters is 1. The molecule has 0 spiro atoms. The van der Waals surface area contributed by atoms with Crippen LogP contribution in [-0.2, 0) is 24.9 Å². The van der Waals surface area contributed by atoms with Crippen molar-refractivity contribution in [3.63, 3.8) is 0 Å². The topological polar surface area (TPSA) is 113 Å². The van der Waals surface area contributed by atoms with Gasteiger partial charge in [0, 0.05) is 10.5 Å². The molecule has 0 bridgehead atoms. The second kappa shape index (κ2) is 8.57. The van der Waals surface area contributed by atoms with E-state index in [0.717, 1.165) is 27.9 Å². The Hall–Kier alpha value is -1.66. The number of halogens is 3. The minimum absolute atomic E-state index is 0. The smallest absolute Gasteiger partial charge is 0.361 e. The fourth-order valence-electron chi connectivity index (χ4n) is 2.77. The van der Waals surface area contributed by atoms with Crippen LogP contribution in [-0.4, -0.2) is 20.5 Å². The lowest BCUT2D eigenvalue weighted by Crippen LogP contribution is -3.00. The molecule has 2 aromatic heterocycles. The quantitative estimate of drug-likeness (QED) is 0.243. The van der Waals surface area contributed by atoms with Crippen LogP contribution in [0.1, 0.15) is 23.2 Å². The zero-order valence-corrected chi connectivity index (χ0v) is 19.0. The third-order valence-electron chi connectivity index (χ3n) is 4.04. The Kier molecular flexibility index (Phi) is 6.87. The van der Waals surface area contributed by atoms with E-state index in [-0.39, 0.29) is 53.1 Å². The standard InChI is InChI=1S/C16H16BrClN6O2.HI/c1-3-24-10-6-8(17)4-5-9(10)23(2)11(24)7-26-16(25)12-14(19)22-15(20)13(18)21-12;/h4-6H,3,7H2,1-2H3,(H3-,19,20,22,25);1H. The number of rotatable bonds is 4. The van der Waals surface area contributed by atoms with Gasteiger partial charge in [0.1, 0.15) is 0 Å². The van der Waals surface area contributed by atoms with Crippen molar-refractivity contribution in [3.8, 4) is 0 Å². The normalized spacial score (nSPS) is 10.7. The SMILES string of the molecule is CCn1c(COC(=O)c2nc(Cl)c(N)nc2N)[n+](C)c2ccc(Br)cc21.[I-]. The Morgan fingerprint density at radius 2 is 2.04 bits per heavy atom. The molecule has 0 saturated carbocycles. The summed E-state index contributed by atoms with van der Waals surface area (Å²) >= 11 is 9.30. The summed E-state index contributed by atoms with van der Waals surface area (Å²) < 4.78 is 10.4. The van der Waals surface area contributed by atoms with Crippen molar-refractivity contribution in [2.45, 2.75) is 20.1 Å². The van der Waals surface area contributed by atoms with Crippen molar-refractivity contribution < 1.29 is 38.1 Å². The van der Waals surface area contributed by atoms with Gasteiger partial charge in [0.2, 0.25) is 0 Å². The molecule has 0 radical (unpaired) electrons. The van der Waals surface area contributed by atoms with Crippen molar-refractivity contribution in [2.75, 3.05) is 11.5 Å². The van der Waals surface area contributed by atoms with Gasteiger partial charge in [-0.1, -0.05) is 27.5 Å². The second-order valence-electron chi connectivity index (χ2n) is 5.56. The molecular weight excluding hydrogens is 550 g/mol. The van der Waals surface area contributed by atoms with Gasteiger partial charge in [0.05, 0.1) is 13.6 Å². The number of anilines is 2. The van der Waals surface area contributed by atoms with Crippen LogP contribution in [0.25, 0.3) is 11.0 Å². The maximum Gasteiger partial charge on any atom is 0.361 e. The van der Waals surface area contributed by atoms with E-state index in [9.17, 15) is 4.79 Å². The van der Waals surface area contributed by atoms with Gasteiger partial charge in [-0.3, -0.25) is 0 Å². The summed E-state index contributed by atoms with van der Waals surface area (Å²) in [5, 5.41) is -0.0933. The lowest BCUT2D eigenvalue weighted by Gasteiger charge is -2.06. The van der Waals surface area contributed by atoms with Gasteiger partial charge < -0.3 is 40.2 Å². The number of imidazole rings is 1. The van der Waals surface area contributed by atoms with Crippen LogP contribution < -0.4 is 40.0 Å². The lowest BCUT2D eigenvalue weighted by molar-refractivity contribution is -0.656. The largest absolute Gasteiger partial charge is 1.00 e. The van der Waals surface area contributed by atoms with Gasteiger partial charge in [0.25, 0.3) is 5.82 Å². The molecule has 11 heteroatoms. The fraction of sp³-hybridized carbons (Fsp3) is 0.250. The number of hydrogen-bond acceptors (Lipinski definition) is 6. The average molecular weight is 568 g/mol. The third kappa shape index (κ3) is 4.11. The molecule has 0 aliphatic heterocycles. The Morgan fingerprint density at radius 3 is 2.70 bits per heavy atom. The van der Waals surface area contributed by atoms with Crippen molar-refractivity contribution >= 4 is 56.2 Å². The van der Waals surface area contributed by atoms with Crippen LogP contribution in [0.3, 0.4) is 0 Å². The first-order valence-electron chi connectivity index (χ1n) is 7.75. The van der Waals surface area contributed by atoms with Crippen LogP contribution in [0.4, 0.5) is 11.6 Å². The van der Waals surface area contributed by atoms with E-state index in [1.54, 1.807) is 0 Å². The number of aryl methyl sites for hydroxylation is 2. The summed E-state index contributed by atoms with van der Waals surface area (Å²) in [7, 11) is 1.92. The maximum absolute atomic E-state index is 12.4. The molecule has 8 nitrogen and oxygen atoms in total.